The van der Waals surface area contributed by atoms with Crippen LogP contribution < -0.4 is 10.1 Å². The van der Waals surface area contributed by atoms with Crippen LogP contribution in [0.2, 0.25) is 0 Å². The lowest BCUT2D eigenvalue weighted by Gasteiger charge is -2.22. The van der Waals surface area contributed by atoms with Gasteiger partial charge in [-0.3, -0.25) is 0 Å². The Bertz CT molecular complexity index is 1190. The number of rotatable bonds is 4. The summed E-state index contributed by atoms with van der Waals surface area (Å²) < 4.78 is 52.6. The van der Waals surface area contributed by atoms with Crippen LogP contribution in [0.3, 0.4) is 0 Å². The molecule has 0 unspecified atom stereocenters. The summed E-state index contributed by atoms with van der Waals surface area (Å²) in [6, 6.07) is 11.5. The van der Waals surface area contributed by atoms with Gasteiger partial charge in [0.25, 0.3) is 10.0 Å². The van der Waals surface area contributed by atoms with Gasteiger partial charge in [-0.1, -0.05) is 18.2 Å². The van der Waals surface area contributed by atoms with Crippen LogP contribution >= 0.6 is 22.6 Å². The summed E-state index contributed by atoms with van der Waals surface area (Å²) in [4.78, 5) is 12.4. The molecule has 1 aliphatic heterocycles. The zero-order valence-electron chi connectivity index (χ0n) is 15.7. The Morgan fingerprint density at radius 1 is 1.17 bits per heavy atom. The lowest BCUT2D eigenvalue weighted by Crippen LogP contribution is -2.40. The summed E-state index contributed by atoms with van der Waals surface area (Å²) >= 11 is 1.86. The maximum Gasteiger partial charge on any atom is 0.412 e. The minimum Gasteiger partial charge on any atom is -0.410 e. The molecule has 1 aliphatic rings. The molecule has 0 bridgehead atoms. The third-order valence-electron chi connectivity index (χ3n) is 4.79. The number of carbonyl (C=O) groups excluding carboxylic acids is 1. The summed E-state index contributed by atoms with van der Waals surface area (Å²) in [7, 11) is -3.97. The Morgan fingerprint density at radius 2 is 1.87 bits per heavy atom. The topological polar surface area (TPSA) is 86.6 Å². The molecule has 4 rings (SSSR count). The fourth-order valence-corrected chi connectivity index (χ4v) is 6.10. The van der Waals surface area contributed by atoms with Crippen molar-refractivity contribution in [3.05, 3.63) is 58.0 Å². The predicted octanol–water partition coefficient (Wildman–Crippen LogP) is 3.89. The van der Waals surface area contributed by atoms with E-state index >= 15 is 0 Å². The monoisotopic (exact) mass is 544 g/mol. The molecule has 0 atom stereocenters. The highest BCUT2D eigenvalue weighted by molar-refractivity contribution is 14.1. The summed E-state index contributed by atoms with van der Waals surface area (Å²) in [6.07, 6.45) is 0.608. The van der Waals surface area contributed by atoms with E-state index in [4.69, 9.17) is 9.47 Å². The zero-order chi connectivity index (χ0) is 21.3. The smallest absolute Gasteiger partial charge is 0.410 e. The summed E-state index contributed by atoms with van der Waals surface area (Å²) in [5.74, 6) is -0.759. The van der Waals surface area contributed by atoms with E-state index in [-0.39, 0.29) is 22.2 Å². The van der Waals surface area contributed by atoms with Gasteiger partial charge in [-0.05, 0) is 59.7 Å². The Kier molecular flexibility index (Phi) is 5.98. The van der Waals surface area contributed by atoms with E-state index in [1.807, 2.05) is 22.6 Å². The average molecular weight is 544 g/mol. The van der Waals surface area contributed by atoms with E-state index in [1.54, 1.807) is 24.3 Å². The van der Waals surface area contributed by atoms with E-state index in [1.165, 1.54) is 12.1 Å². The van der Waals surface area contributed by atoms with E-state index < -0.39 is 21.9 Å². The third kappa shape index (κ3) is 4.16. The van der Waals surface area contributed by atoms with Crippen LogP contribution in [0.25, 0.3) is 10.9 Å². The molecule has 1 saturated heterocycles. The number of benzene rings is 2. The molecule has 1 fully saturated rings. The highest BCUT2D eigenvalue weighted by atomic mass is 127. The Morgan fingerprint density at radius 3 is 2.57 bits per heavy atom. The molecular formula is C20H18FIN2O5S. The lowest BCUT2D eigenvalue weighted by atomic mass is 10.1. The minimum atomic E-state index is -3.97. The molecule has 7 nitrogen and oxygen atoms in total. The van der Waals surface area contributed by atoms with E-state index in [2.05, 4.69) is 5.32 Å². The van der Waals surface area contributed by atoms with Gasteiger partial charge in [0.05, 0.1) is 14.1 Å². The quantitative estimate of drug-likeness (QED) is 0.504. The summed E-state index contributed by atoms with van der Waals surface area (Å²) in [5, 5.41) is 3.06. The molecule has 158 valence electrons. The fraction of sp³-hybridized carbons (Fsp3) is 0.250. The first-order chi connectivity index (χ1) is 14.4. The normalized spacial score (nSPS) is 15.3. The molecule has 0 spiro atoms. The molecule has 1 aromatic heterocycles. The first-order valence-electron chi connectivity index (χ1n) is 9.23. The molecule has 0 aliphatic carbocycles. The van der Waals surface area contributed by atoms with Crippen molar-refractivity contribution in [3.63, 3.8) is 0 Å². The van der Waals surface area contributed by atoms with E-state index in [0.717, 1.165) is 16.1 Å². The van der Waals surface area contributed by atoms with Gasteiger partial charge in [-0.2, -0.15) is 0 Å². The predicted molar refractivity (Wildman–Crippen MR) is 117 cm³/mol. The van der Waals surface area contributed by atoms with Crippen molar-refractivity contribution >= 4 is 49.6 Å². The van der Waals surface area contributed by atoms with Crippen LogP contribution in [0.15, 0.2) is 53.4 Å². The third-order valence-corrected chi connectivity index (χ3v) is 7.65. The number of nitrogens with zero attached hydrogens (tertiary/aromatic N) is 1. The first kappa shape index (κ1) is 21.1. The Labute approximate surface area is 186 Å². The van der Waals surface area contributed by atoms with Gasteiger partial charge in [0, 0.05) is 30.7 Å². The van der Waals surface area contributed by atoms with Gasteiger partial charge in [-0.15, -0.1) is 0 Å². The second kappa shape index (κ2) is 8.52. The van der Waals surface area contributed by atoms with Crippen LogP contribution in [-0.2, 0) is 14.8 Å². The molecule has 0 radical (unpaired) electrons. The highest BCUT2D eigenvalue weighted by Gasteiger charge is 2.25. The molecule has 0 saturated carbocycles. The number of carbonyl (C=O) groups is 1. The number of nitrogens with one attached hydrogen (secondary N) is 1. The SMILES string of the molecule is O=C(NC1CCOCC1)Oc1cc(F)cc2c1cc(I)n2S(=O)(=O)c1ccccc1. The molecule has 10 heteroatoms. The van der Waals surface area contributed by atoms with Crippen molar-refractivity contribution in [1.82, 2.24) is 9.29 Å². The van der Waals surface area contributed by atoms with Gasteiger partial charge in [-0.25, -0.2) is 21.6 Å². The largest absolute Gasteiger partial charge is 0.412 e. The maximum absolute atomic E-state index is 14.3. The van der Waals surface area contributed by atoms with Crippen LogP contribution in [0.4, 0.5) is 9.18 Å². The summed E-state index contributed by atoms with van der Waals surface area (Å²) in [6.45, 7) is 1.10. The maximum atomic E-state index is 14.3. The molecule has 30 heavy (non-hydrogen) atoms. The van der Waals surface area contributed by atoms with Gasteiger partial charge in [0.2, 0.25) is 0 Å². The van der Waals surface area contributed by atoms with Crippen molar-refractivity contribution in [3.8, 4) is 5.75 Å². The first-order valence-corrected chi connectivity index (χ1v) is 11.8. The standard InChI is InChI=1S/C20H18FIN2O5S/c21-13-10-17-16(18(11-13)29-20(25)23-14-6-8-28-9-7-14)12-19(22)24(17)30(26,27)15-4-2-1-3-5-15/h1-5,10-12,14H,6-9H2,(H,23,25). The van der Waals surface area contributed by atoms with Crippen molar-refractivity contribution in [2.24, 2.45) is 0 Å². The number of ether oxygens (including phenoxy) is 2. The Hall–Kier alpha value is -2.18. The van der Waals surface area contributed by atoms with Gasteiger partial charge < -0.3 is 14.8 Å². The van der Waals surface area contributed by atoms with Crippen LogP contribution in [0.1, 0.15) is 12.8 Å². The fourth-order valence-electron chi connectivity index (χ4n) is 3.35. The molecule has 1 amide bonds. The van der Waals surface area contributed by atoms with Crippen LogP contribution in [0.5, 0.6) is 5.75 Å². The molecular weight excluding hydrogens is 526 g/mol. The lowest BCUT2D eigenvalue weighted by molar-refractivity contribution is 0.0778. The molecule has 2 aromatic carbocycles. The number of halogens is 2. The van der Waals surface area contributed by atoms with Crippen LogP contribution in [-0.4, -0.2) is 37.7 Å². The highest BCUT2D eigenvalue weighted by Crippen LogP contribution is 2.33. The van der Waals surface area contributed by atoms with Crippen LogP contribution in [0, 0.1) is 9.52 Å². The Balaban J connectivity index is 1.71. The number of aromatic nitrogens is 1. The van der Waals surface area contributed by atoms with Gasteiger partial charge in [0.15, 0.2) is 0 Å². The van der Waals surface area contributed by atoms with Crippen molar-refractivity contribution in [2.45, 2.75) is 23.8 Å². The van der Waals surface area contributed by atoms with Gasteiger partial charge >= 0.3 is 6.09 Å². The second-order valence-electron chi connectivity index (χ2n) is 6.81. The minimum absolute atomic E-state index is 0.0468. The summed E-state index contributed by atoms with van der Waals surface area (Å²) in [5.41, 5.74) is 0.0946. The van der Waals surface area contributed by atoms with E-state index in [0.29, 0.717) is 35.1 Å². The van der Waals surface area contributed by atoms with Crippen molar-refractivity contribution in [1.29, 1.82) is 0 Å². The van der Waals surface area contributed by atoms with Crippen molar-refractivity contribution in [2.75, 3.05) is 13.2 Å². The van der Waals surface area contributed by atoms with Crippen molar-refractivity contribution < 1.29 is 27.1 Å². The zero-order valence-corrected chi connectivity index (χ0v) is 18.7. The van der Waals surface area contributed by atoms with Gasteiger partial charge in [0.1, 0.15) is 11.6 Å². The molecule has 3 aromatic rings. The van der Waals surface area contributed by atoms with E-state index in [9.17, 15) is 17.6 Å². The average Bonchev–Trinajstić information content (AvgIpc) is 3.06. The molecule has 1 N–H and O–H groups in total. The number of hydrogen-bond acceptors (Lipinski definition) is 5. The molecule has 2 heterocycles. The second-order valence-corrected chi connectivity index (χ2v) is 9.70. The number of amides is 1. The number of hydrogen-bond donors (Lipinski definition) is 1. The number of fused-ring (bicyclic) bond motifs is 1.